The normalized spacial score (nSPS) is 18.2. The zero-order valence-electron chi connectivity index (χ0n) is 9.21. The number of para-hydroxylation sites is 2. The van der Waals surface area contributed by atoms with E-state index >= 15 is 0 Å². The first-order valence-corrected chi connectivity index (χ1v) is 6.30. The smallest absolute Gasteiger partial charge is 0.134 e. The van der Waals surface area contributed by atoms with Gasteiger partial charge in [-0.1, -0.05) is 36.0 Å². The van der Waals surface area contributed by atoms with E-state index < -0.39 is 0 Å². The van der Waals surface area contributed by atoms with E-state index in [9.17, 15) is 0 Å². The molecule has 0 fully saturated rings. The quantitative estimate of drug-likeness (QED) is 0.756. The molecular weight excluding hydrogens is 230 g/mol. The van der Waals surface area contributed by atoms with Gasteiger partial charge in [0.05, 0.1) is 11.4 Å². The van der Waals surface area contributed by atoms with Gasteiger partial charge in [-0.25, -0.2) is 0 Å². The number of thioether (sulfide) groups is 1. The van der Waals surface area contributed by atoms with Gasteiger partial charge in [-0.05, 0) is 24.3 Å². The minimum atomic E-state index is -0.114. The van der Waals surface area contributed by atoms with Crippen LogP contribution in [0.1, 0.15) is 0 Å². The molecule has 0 radical (unpaired) electrons. The van der Waals surface area contributed by atoms with Gasteiger partial charge < -0.3 is 16.4 Å². The molecule has 1 aliphatic rings. The number of nitrogen functional groups attached to an aromatic ring is 1. The summed E-state index contributed by atoms with van der Waals surface area (Å²) in [6.45, 7) is 0. The van der Waals surface area contributed by atoms with Gasteiger partial charge in [0.2, 0.25) is 0 Å². The number of anilines is 3. The number of hydrogen-bond acceptors (Lipinski definition) is 4. The van der Waals surface area contributed by atoms with Gasteiger partial charge >= 0.3 is 0 Å². The van der Waals surface area contributed by atoms with Crippen molar-refractivity contribution in [3.05, 3.63) is 48.5 Å². The van der Waals surface area contributed by atoms with Crippen LogP contribution >= 0.6 is 11.8 Å². The lowest BCUT2D eigenvalue weighted by Crippen LogP contribution is -2.32. The molecular formula is C13H13N3S. The summed E-state index contributed by atoms with van der Waals surface area (Å²) in [6.07, 6.45) is 0. The molecule has 4 N–H and O–H groups in total. The molecule has 0 spiro atoms. The summed E-state index contributed by atoms with van der Waals surface area (Å²) in [7, 11) is 0. The van der Waals surface area contributed by atoms with Gasteiger partial charge in [0.15, 0.2) is 0 Å². The van der Waals surface area contributed by atoms with Gasteiger partial charge in [0, 0.05) is 10.6 Å². The fourth-order valence-electron chi connectivity index (χ4n) is 2.07. The van der Waals surface area contributed by atoms with Crippen LogP contribution in [0, 0.1) is 0 Å². The molecule has 0 aromatic heterocycles. The largest absolute Gasteiger partial charge is 0.397 e. The van der Waals surface area contributed by atoms with Gasteiger partial charge in [-0.2, -0.15) is 0 Å². The Hall–Kier alpha value is -1.65. The number of rotatable bonds is 1. The van der Waals surface area contributed by atoms with Crippen LogP contribution in [-0.4, -0.2) is 5.50 Å². The van der Waals surface area contributed by atoms with E-state index in [1.165, 1.54) is 0 Å². The monoisotopic (exact) mass is 243 g/mol. The van der Waals surface area contributed by atoms with Gasteiger partial charge in [0.25, 0.3) is 0 Å². The average molecular weight is 243 g/mol. The van der Waals surface area contributed by atoms with E-state index in [1.54, 1.807) is 11.8 Å². The predicted molar refractivity (Wildman–Crippen MR) is 73.3 cm³/mol. The molecule has 1 aliphatic heterocycles. The van der Waals surface area contributed by atoms with Crippen molar-refractivity contribution in [2.24, 2.45) is 5.73 Å². The summed E-state index contributed by atoms with van der Waals surface area (Å²) in [4.78, 5) is 3.22. The van der Waals surface area contributed by atoms with Crippen LogP contribution in [0.5, 0.6) is 0 Å². The zero-order chi connectivity index (χ0) is 11.8. The van der Waals surface area contributed by atoms with Gasteiger partial charge in [-0.15, -0.1) is 0 Å². The second-order valence-electron chi connectivity index (χ2n) is 3.91. The molecule has 1 atom stereocenters. The van der Waals surface area contributed by atoms with Crippen molar-refractivity contribution < 1.29 is 0 Å². The lowest BCUT2D eigenvalue weighted by Gasteiger charge is -2.24. The molecule has 17 heavy (non-hydrogen) atoms. The molecule has 0 saturated heterocycles. The number of hydrogen-bond donors (Lipinski definition) is 2. The first kappa shape index (κ1) is 10.5. The van der Waals surface area contributed by atoms with Crippen molar-refractivity contribution in [3.63, 3.8) is 0 Å². The minimum Gasteiger partial charge on any atom is -0.397 e. The number of nitrogens with zero attached hydrogens (tertiary/aromatic N) is 1. The molecule has 3 rings (SSSR count). The fraction of sp³-hybridized carbons (Fsp3) is 0.0769. The highest BCUT2D eigenvalue weighted by atomic mass is 32.2. The Labute approximate surface area is 104 Å². The Balaban J connectivity index is 2.14. The standard InChI is InChI=1S/C13H13N3S/c14-10-7-4-8-11-12(10)16(13(15)17-11)9-5-2-1-3-6-9/h1-8,13H,14-15H2. The van der Waals surface area contributed by atoms with Crippen LogP contribution in [0.2, 0.25) is 0 Å². The van der Waals surface area contributed by atoms with E-state index in [0.29, 0.717) is 0 Å². The topological polar surface area (TPSA) is 55.3 Å². The Morgan fingerprint density at radius 3 is 2.53 bits per heavy atom. The molecule has 0 saturated carbocycles. The highest BCUT2D eigenvalue weighted by molar-refractivity contribution is 8.00. The lowest BCUT2D eigenvalue weighted by atomic mass is 10.2. The number of benzene rings is 2. The summed E-state index contributed by atoms with van der Waals surface area (Å²) in [5.74, 6) is 0. The second kappa shape index (κ2) is 3.98. The SMILES string of the molecule is Nc1cccc2c1N(c1ccccc1)C(N)S2. The Morgan fingerprint density at radius 2 is 1.76 bits per heavy atom. The molecule has 1 unspecified atom stereocenters. The van der Waals surface area contributed by atoms with Gasteiger partial charge in [0.1, 0.15) is 5.50 Å². The van der Waals surface area contributed by atoms with Crippen LogP contribution in [0.25, 0.3) is 0 Å². The average Bonchev–Trinajstić information content (AvgIpc) is 2.68. The number of fused-ring (bicyclic) bond motifs is 1. The summed E-state index contributed by atoms with van der Waals surface area (Å²) < 4.78 is 0. The molecule has 0 bridgehead atoms. The summed E-state index contributed by atoms with van der Waals surface area (Å²) in [5.41, 5.74) is 15.0. The molecule has 1 heterocycles. The zero-order valence-corrected chi connectivity index (χ0v) is 10.0. The van der Waals surface area contributed by atoms with E-state index in [4.69, 9.17) is 11.5 Å². The minimum absolute atomic E-state index is 0.114. The Kier molecular flexibility index (Phi) is 2.46. The van der Waals surface area contributed by atoms with E-state index in [2.05, 4.69) is 11.0 Å². The maximum absolute atomic E-state index is 6.16. The molecule has 0 aliphatic carbocycles. The maximum atomic E-state index is 6.16. The van der Waals surface area contributed by atoms with Crippen molar-refractivity contribution in [2.45, 2.75) is 10.4 Å². The first-order chi connectivity index (χ1) is 8.27. The maximum Gasteiger partial charge on any atom is 0.134 e. The molecule has 2 aromatic rings. The van der Waals surface area contributed by atoms with Crippen LogP contribution in [-0.2, 0) is 0 Å². The van der Waals surface area contributed by atoms with Crippen molar-refractivity contribution in [3.8, 4) is 0 Å². The van der Waals surface area contributed by atoms with E-state index in [1.807, 2.05) is 42.5 Å². The van der Waals surface area contributed by atoms with Gasteiger partial charge in [-0.3, -0.25) is 0 Å². The Morgan fingerprint density at radius 1 is 1.00 bits per heavy atom. The molecule has 0 amide bonds. The van der Waals surface area contributed by atoms with Crippen molar-refractivity contribution in [2.75, 3.05) is 10.6 Å². The van der Waals surface area contributed by atoms with Crippen molar-refractivity contribution >= 4 is 28.8 Å². The van der Waals surface area contributed by atoms with E-state index in [-0.39, 0.29) is 5.50 Å². The van der Waals surface area contributed by atoms with Crippen LogP contribution in [0.4, 0.5) is 17.1 Å². The third-order valence-electron chi connectivity index (χ3n) is 2.81. The van der Waals surface area contributed by atoms with Crippen LogP contribution in [0.15, 0.2) is 53.4 Å². The Bertz CT molecular complexity index is 542. The van der Waals surface area contributed by atoms with Crippen molar-refractivity contribution in [1.82, 2.24) is 0 Å². The van der Waals surface area contributed by atoms with Crippen LogP contribution in [0.3, 0.4) is 0 Å². The van der Waals surface area contributed by atoms with Crippen LogP contribution < -0.4 is 16.4 Å². The third-order valence-corrected chi connectivity index (χ3v) is 3.84. The third kappa shape index (κ3) is 1.66. The van der Waals surface area contributed by atoms with E-state index in [0.717, 1.165) is 22.0 Å². The summed E-state index contributed by atoms with van der Waals surface area (Å²) >= 11 is 1.63. The first-order valence-electron chi connectivity index (χ1n) is 5.42. The fourth-order valence-corrected chi connectivity index (χ4v) is 3.14. The summed E-state index contributed by atoms with van der Waals surface area (Å²) in [6, 6.07) is 16.0. The number of nitrogens with two attached hydrogens (primary N) is 2. The highest BCUT2D eigenvalue weighted by Crippen LogP contribution is 2.48. The molecule has 2 aromatic carbocycles. The summed E-state index contributed by atoms with van der Waals surface area (Å²) in [5, 5.41) is 0. The molecule has 4 heteroatoms. The lowest BCUT2D eigenvalue weighted by molar-refractivity contribution is 0.934. The molecule has 86 valence electrons. The highest BCUT2D eigenvalue weighted by Gasteiger charge is 2.29. The van der Waals surface area contributed by atoms with Crippen molar-refractivity contribution in [1.29, 1.82) is 0 Å². The molecule has 3 nitrogen and oxygen atoms in total. The second-order valence-corrected chi connectivity index (χ2v) is 5.07. The predicted octanol–water partition coefficient (Wildman–Crippen LogP) is 2.75.